The van der Waals surface area contributed by atoms with Gasteiger partial charge in [0.1, 0.15) is 11.6 Å². The maximum atomic E-state index is 13.5. The lowest BCUT2D eigenvalue weighted by Gasteiger charge is -2.19. The van der Waals surface area contributed by atoms with Crippen LogP contribution in [-0.4, -0.2) is 18.4 Å². The standard InChI is InChI=1S/C24H20F2N2O2/c1-15(27-23(29)16-5-8-20(25)9-6-16)17-7-10-22-18(13-17)11-12-28(22)24(30)19-3-2-4-21(26)14-19/h2-10,13-15H,11-12H2,1H3,(H,27,29)/t15-/m1/s1. The highest BCUT2D eigenvalue weighted by Gasteiger charge is 2.26. The van der Waals surface area contributed by atoms with Gasteiger partial charge in [0.15, 0.2) is 0 Å². The third-order valence-corrected chi connectivity index (χ3v) is 5.27. The molecular weight excluding hydrogens is 386 g/mol. The van der Waals surface area contributed by atoms with Crippen LogP contribution in [0.15, 0.2) is 66.7 Å². The van der Waals surface area contributed by atoms with E-state index in [4.69, 9.17) is 0 Å². The van der Waals surface area contributed by atoms with Gasteiger partial charge in [-0.1, -0.05) is 18.2 Å². The van der Waals surface area contributed by atoms with Crippen molar-refractivity contribution >= 4 is 17.5 Å². The van der Waals surface area contributed by atoms with Gasteiger partial charge in [0, 0.05) is 23.4 Å². The van der Waals surface area contributed by atoms with Crippen LogP contribution in [0.3, 0.4) is 0 Å². The Kier molecular flexibility index (Phi) is 5.31. The smallest absolute Gasteiger partial charge is 0.258 e. The Bertz CT molecular complexity index is 1110. The molecule has 0 aromatic heterocycles. The third-order valence-electron chi connectivity index (χ3n) is 5.27. The molecule has 0 saturated carbocycles. The Hall–Kier alpha value is -3.54. The van der Waals surface area contributed by atoms with E-state index in [-0.39, 0.29) is 17.9 Å². The first kappa shape index (κ1) is 19.8. The van der Waals surface area contributed by atoms with Gasteiger partial charge < -0.3 is 10.2 Å². The first-order valence-electron chi connectivity index (χ1n) is 9.69. The molecule has 4 nitrogen and oxygen atoms in total. The second-order valence-corrected chi connectivity index (χ2v) is 7.31. The molecule has 4 rings (SSSR count). The molecule has 1 aliphatic heterocycles. The van der Waals surface area contributed by atoms with E-state index < -0.39 is 11.6 Å². The van der Waals surface area contributed by atoms with Gasteiger partial charge in [-0.05, 0) is 73.0 Å². The number of hydrogen-bond acceptors (Lipinski definition) is 2. The number of carbonyl (C=O) groups excluding carboxylic acids is 2. The van der Waals surface area contributed by atoms with E-state index in [1.165, 1.54) is 42.5 Å². The maximum Gasteiger partial charge on any atom is 0.258 e. The van der Waals surface area contributed by atoms with E-state index >= 15 is 0 Å². The van der Waals surface area contributed by atoms with Crippen LogP contribution >= 0.6 is 0 Å². The Morgan fingerprint density at radius 1 is 0.933 bits per heavy atom. The van der Waals surface area contributed by atoms with Crippen LogP contribution in [0, 0.1) is 11.6 Å². The highest BCUT2D eigenvalue weighted by atomic mass is 19.1. The molecule has 1 aliphatic rings. The van der Waals surface area contributed by atoms with Gasteiger partial charge in [-0.2, -0.15) is 0 Å². The van der Waals surface area contributed by atoms with Crippen molar-refractivity contribution in [3.63, 3.8) is 0 Å². The number of anilines is 1. The van der Waals surface area contributed by atoms with Crippen molar-refractivity contribution < 1.29 is 18.4 Å². The monoisotopic (exact) mass is 406 g/mol. The number of fused-ring (bicyclic) bond motifs is 1. The fourth-order valence-electron chi connectivity index (χ4n) is 3.64. The molecule has 2 amide bonds. The lowest BCUT2D eigenvalue weighted by molar-refractivity contribution is 0.0938. The Balaban J connectivity index is 1.50. The van der Waals surface area contributed by atoms with Gasteiger partial charge in [-0.25, -0.2) is 8.78 Å². The topological polar surface area (TPSA) is 49.4 Å². The zero-order valence-electron chi connectivity index (χ0n) is 16.4. The van der Waals surface area contributed by atoms with E-state index in [0.717, 1.165) is 16.8 Å². The molecule has 3 aromatic carbocycles. The number of amides is 2. The normalized spacial score (nSPS) is 13.6. The van der Waals surface area contributed by atoms with Crippen LogP contribution in [0.1, 0.15) is 44.8 Å². The van der Waals surface area contributed by atoms with Crippen molar-refractivity contribution in [3.8, 4) is 0 Å². The fourth-order valence-corrected chi connectivity index (χ4v) is 3.64. The Labute approximate surface area is 173 Å². The zero-order valence-corrected chi connectivity index (χ0v) is 16.4. The van der Waals surface area contributed by atoms with Gasteiger partial charge in [-0.3, -0.25) is 9.59 Å². The van der Waals surface area contributed by atoms with Gasteiger partial charge >= 0.3 is 0 Å². The summed E-state index contributed by atoms with van der Waals surface area (Å²) in [5.74, 6) is -1.36. The second-order valence-electron chi connectivity index (χ2n) is 7.31. The molecule has 1 N–H and O–H groups in total. The molecule has 0 spiro atoms. The summed E-state index contributed by atoms with van der Waals surface area (Å²) < 4.78 is 26.5. The summed E-state index contributed by atoms with van der Waals surface area (Å²) in [6, 6.07) is 16.5. The van der Waals surface area contributed by atoms with Crippen molar-refractivity contribution in [2.45, 2.75) is 19.4 Å². The molecule has 0 bridgehead atoms. The number of rotatable bonds is 4. The molecule has 0 unspecified atom stereocenters. The molecule has 0 fully saturated rings. The molecule has 152 valence electrons. The van der Waals surface area contributed by atoms with Crippen molar-refractivity contribution in [3.05, 3.63) is 101 Å². The highest BCUT2D eigenvalue weighted by Crippen LogP contribution is 2.32. The van der Waals surface area contributed by atoms with Crippen molar-refractivity contribution in [1.29, 1.82) is 0 Å². The average Bonchev–Trinajstić information content (AvgIpc) is 3.16. The molecule has 0 radical (unpaired) electrons. The number of nitrogens with one attached hydrogen (secondary N) is 1. The first-order chi connectivity index (χ1) is 14.4. The zero-order chi connectivity index (χ0) is 21.3. The summed E-state index contributed by atoms with van der Waals surface area (Å²) in [7, 11) is 0. The van der Waals surface area contributed by atoms with Crippen LogP contribution in [-0.2, 0) is 6.42 Å². The summed E-state index contributed by atoms with van der Waals surface area (Å²) in [4.78, 5) is 26.8. The molecule has 3 aromatic rings. The minimum Gasteiger partial charge on any atom is -0.346 e. The molecule has 6 heteroatoms. The maximum absolute atomic E-state index is 13.5. The summed E-state index contributed by atoms with van der Waals surface area (Å²) in [6.07, 6.45) is 0.683. The predicted molar refractivity (Wildman–Crippen MR) is 111 cm³/mol. The van der Waals surface area contributed by atoms with Gasteiger partial charge in [0.2, 0.25) is 0 Å². The molecule has 1 heterocycles. The average molecular weight is 406 g/mol. The lowest BCUT2D eigenvalue weighted by Crippen LogP contribution is -2.29. The summed E-state index contributed by atoms with van der Waals surface area (Å²) in [6.45, 7) is 2.39. The lowest BCUT2D eigenvalue weighted by atomic mass is 10.0. The largest absolute Gasteiger partial charge is 0.346 e. The summed E-state index contributed by atoms with van der Waals surface area (Å²) in [5, 5.41) is 2.91. The Morgan fingerprint density at radius 3 is 2.43 bits per heavy atom. The van der Waals surface area contributed by atoms with E-state index in [9.17, 15) is 18.4 Å². The van der Waals surface area contributed by atoms with Crippen LogP contribution in [0.2, 0.25) is 0 Å². The van der Waals surface area contributed by atoms with Crippen LogP contribution < -0.4 is 10.2 Å². The van der Waals surface area contributed by atoms with Crippen molar-refractivity contribution in [2.75, 3.05) is 11.4 Å². The summed E-state index contributed by atoms with van der Waals surface area (Å²) >= 11 is 0. The minimum atomic E-state index is -0.443. The molecule has 0 saturated heterocycles. The summed E-state index contributed by atoms with van der Waals surface area (Å²) in [5.41, 5.74) is 3.40. The van der Waals surface area contributed by atoms with Crippen molar-refractivity contribution in [2.24, 2.45) is 0 Å². The molecular formula is C24H20F2N2O2. The number of carbonyl (C=O) groups is 2. The number of nitrogens with zero attached hydrogens (tertiary/aromatic N) is 1. The van der Waals surface area contributed by atoms with Gasteiger partial charge in [-0.15, -0.1) is 0 Å². The molecule has 0 aliphatic carbocycles. The quantitative estimate of drug-likeness (QED) is 0.685. The minimum absolute atomic E-state index is 0.237. The van der Waals surface area contributed by atoms with Gasteiger partial charge in [0.05, 0.1) is 6.04 Å². The first-order valence-corrected chi connectivity index (χ1v) is 9.69. The van der Waals surface area contributed by atoms with E-state index in [1.54, 1.807) is 11.0 Å². The van der Waals surface area contributed by atoms with E-state index in [1.807, 2.05) is 25.1 Å². The highest BCUT2D eigenvalue weighted by molar-refractivity contribution is 6.07. The van der Waals surface area contributed by atoms with Crippen molar-refractivity contribution in [1.82, 2.24) is 5.32 Å². The fraction of sp³-hybridized carbons (Fsp3) is 0.167. The SMILES string of the molecule is C[C@@H](NC(=O)c1ccc(F)cc1)c1ccc2c(c1)CCN2C(=O)c1cccc(F)c1. The second kappa shape index (κ2) is 8.06. The van der Waals surface area contributed by atoms with Crippen LogP contribution in [0.25, 0.3) is 0 Å². The number of benzene rings is 3. The van der Waals surface area contributed by atoms with Crippen LogP contribution in [0.4, 0.5) is 14.5 Å². The predicted octanol–water partition coefficient (Wildman–Crippen LogP) is 4.66. The Morgan fingerprint density at radius 2 is 1.70 bits per heavy atom. The number of halogens is 2. The van der Waals surface area contributed by atoms with E-state index in [2.05, 4.69) is 5.32 Å². The van der Waals surface area contributed by atoms with Gasteiger partial charge in [0.25, 0.3) is 11.8 Å². The number of hydrogen-bond donors (Lipinski definition) is 1. The van der Waals surface area contributed by atoms with Crippen LogP contribution in [0.5, 0.6) is 0 Å². The molecule has 1 atom stereocenters. The third kappa shape index (κ3) is 3.94. The van der Waals surface area contributed by atoms with E-state index in [0.29, 0.717) is 24.1 Å². The molecule has 30 heavy (non-hydrogen) atoms.